The third-order valence-electron chi connectivity index (χ3n) is 9.11. The van der Waals surface area contributed by atoms with Gasteiger partial charge in [0.1, 0.15) is 11.4 Å². The van der Waals surface area contributed by atoms with Crippen LogP contribution in [0.5, 0.6) is 5.75 Å². The van der Waals surface area contributed by atoms with Crippen molar-refractivity contribution in [3.05, 3.63) is 78.1 Å². The number of carbonyl (C=O) groups is 3. The van der Waals surface area contributed by atoms with Crippen molar-refractivity contribution in [3.8, 4) is 5.75 Å². The van der Waals surface area contributed by atoms with Gasteiger partial charge in [0.15, 0.2) is 5.76 Å². The van der Waals surface area contributed by atoms with Gasteiger partial charge >= 0.3 is 6.03 Å². The molecule has 1 atom stereocenters. The van der Waals surface area contributed by atoms with Gasteiger partial charge < -0.3 is 35.1 Å². The Bertz CT molecular complexity index is 1840. The number of allylic oxidation sites excluding steroid dienone is 1. The highest BCUT2D eigenvalue weighted by molar-refractivity contribution is 6.16. The van der Waals surface area contributed by atoms with Crippen LogP contribution in [0.3, 0.4) is 0 Å². The van der Waals surface area contributed by atoms with Gasteiger partial charge in [-0.25, -0.2) is 9.78 Å². The van der Waals surface area contributed by atoms with E-state index in [0.29, 0.717) is 22.7 Å². The van der Waals surface area contributed by atoms with Crippen LogP contribution in [0.4, 0.5) is 21.9 Å². The molecule has 1 aromatic carbocycles. The smallest absolute Gasteiger partial charge is 0.323 e. The van der Waals surface area contributed by atoms with Crippen LogP contribution in [-0.2, 0) is 11.8 Å². The van der Waals surface area contributed by atoms with Gasteiger partial charge in [-0.1, -0.05) is 0 Å². The summed E-state index contributed by atoms with van der Waals surface area (Å²) in [6.45, 7) is 3.33. The number of nitrogens with zero attached hydrogens (tertiary/aromatic N) is 5. The minimum absolute atomic E-state index is 0.0142. The molecule has 3 N–H and O–H groups in total. The lowest BCUT2D eigenvalue weighted by atomic mass is 9.94. The van der Waals surface area contributed by atoms with Gasteiger partial charge in [0.25, 0.3) is 0 Å². The fraction of sp³-hybridized carbons (Fsp3) is 0.324. The van der Waals surface area contributed by atoms with Crippen molar-refractivity contribution in [1.82, 2.24) is 24.8 Å². The van der Waals surface area contributed by atoms with E-state index in [-0.39, 0.29) is 29.4 Å². The number of hydrogen-bond acceptors (Lipinski definition) is 8. The second kappa shape index (κ2) is 12.3. The van der Waals surface area contributed by atoms with Crippen LogP contribution in [-0.4, -0.2) is 76.4 Å². The first-order valence-electron chi connectivity index (χ1n) is 15.6. The van der Waals surface area contributed by atoms with E-state index in [0.717, 1.165) is 67.7 Å². The molecule has 3 aliphatic rings. The Morgan fingerprint density at radius 1 is 1.09 bits per heavy atom. The third kappa shape index (κ3) is 5.67. The van der Waals surface area contributed by atoms with E-state index in [1.807, 2.05) is 35.8 Å². The molecule has 2 saturated heterocycles. The SMILES string of the molecule is CN(C(=O)C1CCN(c2ccnc3c2c(C=C2Oc4ccc(NC(=O)Nc5cccnc5)cc4C2=O)cn3C)CC1)[C@H]1CCNC1. The van der Waals surface area contributed by atoms with Crippen LogP contribution in [0.2, 0.25) is 0 Å². The van der Waals surface area contributed by atoms with Crippen molar-refractivity contribution >= 4 is 51.9 Å². The Balaban J connectivity index is 1.08. The van der Waals surface area contributed by atoms with Crippen LogP contribution < -0.4 is 25.6 Å². The number of ketones is 1. The molecule has 12 heteroatoms. The zero-order chi connectivity index (χ0) is 31.8. The molecule has 4 aromatic rings. The number of nitrogens with one attached hydrogen (secondary N) is 3. The predicted molar refractivity (Wildman–Crippen MR) is 176 cm³/mol. The molecule has 12 nitrogen and oxygen atoms in total. The summed E-state index contributed by atoms with van der Waals surface area (Å²) in [5, 5.41) is 9.75. The Morgan fingerprint density at radius 3 is 2.67 bits per heavy atom. The summed E-state index contributed by atoms with van der Waals surface area (Å²) in [4.78, 5) is 52.1. The highest BCUT2D eigenvalue weighted by atomic mass is 16.5. The van der Waals surface area contributed by atoms with Gasteiger partial charge in [-0.3, -0.25) is 14.6 Å². The zero-order valence-corrected chi connectivity index (χ0v) is 25.8. The second-order valence-corrected chi connectivity index (χ2v) is 12.1. The van der Waals surface area contributed by atoms with Crippen LogP contribution >= 0.6 is 0 Å². The number of amides is 3. The van der Waals surface area contributed by atoms with Gasteiger partial charge in [-0.2, -0.15) is 0 Å². The standard InChI is InChI=1S/C34H36N8O4/c1-40-20-22(16-29-31(43)26-17-23(5-6-28(26)46-29)38-34(45)39-24-4-3-11-35-18-24)30-27(8-13-37-32(30)40)42-14-9-21(10-15-42)33(44)41(2)25-7-12-36-19-25/h3-6,8,11,13,16-18,20-21,25,36H,7,9-10,12,14-15,19H2,1-2H3,(H2,38,39,45)/t25-/m0/s1. The maximum Gasteiger partial charge on any atom is 0.323 e. The van der Waals surface area contributed by atoms with Gasteiger partial charge in [-0.05, 0) is 68.3 Å². The number of aromatic nitrogens is 3. The number of ether oxygens (including phenoxy) is 1. The highest BCUT2D eigenvalue weighted by Gasteiger charge is 2.33. The molecule has 3 aliphatic heterocycles. The summed E-state index contributed by atoms with van der Waals surface area (Å²) in [7, 11) is 3.87. The number of rotatable bonds is 6. The largest absolute Gasteiger partial charge is 0.452 e. The predicted octanol–water partition coefficient (Wildman–Crippen LogP) is 4.27. The van der Waals surface area contributed by atoms with Crippen molar-refractivity contribution in [1.29, 1.82) is 0 Å². The number of fused-ring (bicyclic) bond motifs is 2. The first-order valence-corrected chi connectivity index (χ1v) is 15.6. The lowest BCUT2D eigenvalue weighted by Gasteiger charge is -2.36. The summed E-state index contributed by atoms with van der Waals surface area (Å²) in [5.41, 5.74) is 4.02. The number of Topliss-reactive ketones (excluding diaryl/α,β-unsaturated/α-hetero) is 1. The molecule has 0 unspecified atom stereocenters. The Hall–Kier alpha value is -5.23. The van der Waals surface area contributed by atoms with E-state index >= 15 is 0 Å². The number of urea groups is 1. The molecule has 0 spiro atoms. The van der Waals surface area contributed by atoms with Crippen LogP contribution in [0.25, 0.3) is 17.1 Å². The summed E-state index contributed by atoms with van der Waals surface area (Å²) in [6.07, 6.45) is 11.2. The lowest BCUT2D eigenvalue weighted by molar-refractivity contribution is -0.136. The normalized spacial score (nSPS) is 18.9. The first-order chi connectivity index (χ1) is 22.4. The number of piperidine rings is 1. The maximum atomic E-state index is 13.5. The lowest BCUT2D eigenvalue weighted by Crippen LogP contribution is -2.45. The molecule has 0 bridgehead atoms. The average molecular weight is 621 g/mol. The molecule has 3 aromatic heterocycles. The summed E-state index contributed by atoms with van der Waals surface area (Å²) >= 11 is 0. The maximum absolute atomic E-state index is 13.5. The first kappa shape index (κ1) is 29.5. The molecule has 0 saturated carbocycles. The Morgan fingerprint density at radius 2 is 1.91 bits per heavy atom. The topological polar surface area (TPSA) is 134 Å². The molecule has 2 fully saturated rings. The zero-order valence-electron chi connectivity index (χ0n) is 25.8. The second-order valence-electron chi connectivity index (χ2n) is 12.1. The van der Waals surface area contributed by atoms with Gasteiger partial charge in [0, 0.05) is 86.6 Å². The fourth-order valence-corrected chi connectivity index (χ4v) is 6.64. The van der Waals surface area contributed by atoms with E-state index in [9.17, 15) is 14.4 Å². The molecule has 0 radical (unpaired) electrons. The van der Waals surface area contributed by atoms with Crippen molar-refractivity contribution < 1.29 is 19.1 Å². The molecule has 236 valence electrons. The van der Waals surface area contributed by atoms with E-state index in [1.165, 1.54) is 0 Å². The quantitative estimate of drug-likeness (QED) is 0.272. The highest BCUT2D eigenvalue weighted by Crippen LogP contribution is 2.37. The number of likely N-dealkylation sites (N-methyl/N-ethyl adjacent to an activating group) is 1. The minimum Gasteiger partial charge on any atom is -0.452 e. The molecule has 6 heterocycles. The number of carbonyl (C=O) groups excluding carboxylic acids is 3. The summed E-state index contributed by atoms with van der Waals surface area (Å²) < 4.78 is 7.96. The van der Waals surface area contributed by atoms with Crippen LogP contribution in [0, 0.1) is 5.92 Å². The number of pyridine rings is 2. The average Bonchev–Trinajstić information content (AvgIpc) is 3.80. The third-order valence-corrected chi connectivity index (χ3v) is 9.11. The molecule has 0 aliphatic carbocycles. The Kier molecular flexibility index (Phi) is 7.87. The van der Waals surface area contributed by atoms with E-state index in [2.05, 4.69) is 30.8 Å². The van der Waals surface area contributed by atoms with E-state index in [4.69, 9.17) is 4.74 Å². The molecule has 46 heavy (non-hydrogen) atoms. The number of anilines is 3. The number of aryl methyl sites for hydroxylation is 1. The van der Waals surface area contributed by atoms with Crippen LogP contribution in [0.15, 0.2) is 66.9 Å². The Labute approximate surface area is 266 Å². The molecular formula is C34H36N8O4. The van der Waals surface area contributed by atoms with Gasteiger partial charge in [0.2, 0.25) is 11.7 Å². The molecule has 3 amide bonds. The molecule has 7 rings (SSSR count). The van der Waals surface area contributed by atoms with Gasteiger partial charge in [-0.15, -0.1) is 0 Å². The van der Waals surface area contributed by atoms with E-state index in [1.54, 1.807) is 55.0 Å². The monoisotopic (exact) mass is 620 g/mol. The van der Waals surface area contributed by atoms with Crippen molar-refractivity contribution in [2.24, 2.45) is 13.0 Å². The van der Waals surface area contributed by atoms with Crippen molar-refractivity contribution in [2.45, 2.75) is 25.3 Å². The van der Waals surface area contributed by atoms with Crippen LogP contribution in [0.1, 0.15) is 35.2 Å². The van der Waals surface area contributed by atoms with Gasteiger partial charge in [0.05, 0.1) is 17.4 Å². The number of hydrogen-bond donors (Lipinski definition) is 3. The minimum atomic E-state index is -0.447. The number of benzene rings is 1. The van der Waals surface area contributed by atoms with E-state index < -0.39 is 6.03 Å². The fourth-order valence-electron chi connectivity index (χ4n) is 6.64. The molecular weight excluding hydrogens is 584 g/mol. The summed E-state index contributed by atoms with van der Waals surface area (Å²) in [6, 6.07) is 10.3. The van der Waals surface area contributed by atoms with Crippen molar-refractivity contribution in [2.75, 3.05) is 48.8 Å². The van der Waals surface area contributed by atoms with Crippen molar-refractivity contribution in [3.63, 3.8) is 0 Å². The summed E-state index contributed by atoms with van der Waals surface area (Å²) in [5.74, 6) is 0.610.